The molecule has 0 aromatic rings. The van der Waals surface area contributed by atoms with Gasteiger partial charge in [0.25, 0.3) is 0 Å². The maximum absolute atomic E-state index is 12.8. The number of halogens is 3. The number of ether oxygens (including phenoxy) is 1. The lowest BCUT2D eigenvalue weighted by molar-refractivity contribution is -0.187. The molecule has 2 aliphatic rings. The Labute approximate surface area is 106 Å². The first-order valence-corrected chi connectivity index (χ1v) is 6.84. The molecule has 5 heteroatoms. The molecular weight excluding hydrogens is 243 g/mol. The van der Waals surface area contributed by atoms with Gasteiger partial charge in [0, 0.05) is 18.6 Å². The van der Waals surface area contributed by atoms with Crippen LogP contribution < -0.4 is 5.32 Å². The molecule has 1 aliphatic carbocycles. The molecule has 1 saturated heterocycles. The van der Waals surface area contributed by atoms with Crippen LogP contribution in [-0.2, 0) is 4.74 Å². The maximum atomic E-state index is 12.8. The normalized spacial score (nSPS) is 35.7. The number of alkyl halides is 3. The van der Waals surface area contributed by atoms with Gasteiger partial charge in [-0.15, -0.1) is 0 Å². The Morgan fingerprint density at radius 1 is 1.17 bits per heavy atom. The fourth-order valence-electron chi connectivity index (χ4n) is 3.54. The minimum absolute atomic E-state index is 0.141. The molecule has 0 spiro atoms. The van der Waals surface area contributed by atoms with Gasteiger partial charge < -0.3 is 10.1 Å². The van der Waals surface area contributed by atoms with Gasteiger partial charge in [-0.2, -0.15) is 13.2 Å². The number of nitrogens with one attached hydrogen (secondary N) is 1. The molecule has 0 bridgehead atoms. The van der Waals surface area contributed by atoms with Gasteiger partial charge in [0.05, 0.1) is 12.5 Å². The molecule has 4 unspecified atom stereocenters. The van der Waals surface area contributed by atoms with Crippen molar-refractivity contribution in [2.24, 2.45) is 17.8 Å². The van der Waals surface area contributed by atoms with Crippen molar-refractivity contribution in [3.8, 4) is 0 Å². The molecule has 2 fully saturated rings. The zero-order valence-electron chi connectivity index (χ0n) is 10.8. The van der Waals surface area contributed by atoms with E-state index in [0.717, 1.165) is 19.4 Å². The van der Waals surface area contributed by atoms with Crippen LogP contribution in [0.2, 0.25) is 0 Å². The monoisotopic (exact) mass is 265 g/mol. The lowest BCUT2D eigenvalue weighted by Crippen LogP contribution is -2.44. The van der Waals surface area contributed by atoms with Gasteiger partial charge in [-0.3, -0.25) is 0 Å². The minimum Gasteiger partial charge on any atom is -0.381 e. The SMILES string of the molecule is CNC(C1CCOC1)C1CCCC(C(F)(F)F)C1. The van der Waals surface area contributed by atoms with E-state index in [1.165, 1.54) is 0 Å². The van der Waals surface area contributed by atoms with Crippen molar-refractivity contribution in [1.29, 1.82) is 0 Å². The molecule has 2 nitrogen and oxygen atoms in total. The molecule has 1 aliphatic heterocycles. The number of hydrogen-bond acceptors (Lipinski definition) is 2. The second-order valence-electron chi connectivity index (χ2n) is 5.60. The van der Waals surface area contributed by atoms with Crippen molar-refractivity contribution in [3.05, 3.63) is 0 Å². The van der Waals surface area contributed by atoms with Gasteiger partial charge >= 0.3 is 6.18 Å². The van der Waals surface area contributed by atoms with Gasteiger partial charge in [-0.05, 0) is 38.6 Å². The molecule has 0 aromatic heterocycles. The molecule has 0 aromatic carbocycles. The van der Waals surface area contributed by atoms with Crippen LogP contribution in [0.15, 0.2) is 0 Å². The summed E-state index contributed by atoms with van der Waals surface area (Å²) >= 11 is 0. The van der Waals surface area contributed by atoms with E-state index in [1.54, 1.807) is 0 Å². The van der Waals surface area contributed by atoms with Crippen LogP contribution in [0.5, 0.6) is 0 Å². The van der Waals surface area contributed by atoms with Crippen LogP contribution >= 0.6 is 0 Å². The first kappa shape index (κ1) is 14.1. The zero-order valence-corrected chi connectivity index (χ0v) is 10.8. The third-order valence-corrected chi connectivity index (χ3v) is 4.49. The second kappa shape index (κ2) is 5.78. The van der Waals surface area contributed by atoms with Crippen LogP contribution in [0.4, 0.5) is 13.2 Å². The average molecular weight is 265 g/mol. The summed E-state index contributed by atoms with van der Waals surface area (Å²) in [5.74, 6) is -0.580. The van der Waals surface area contributed by atoms with E-state index < -0.39 is 12.1 Å². The zero-order chi connectivity index (χ0) is 13.2. The van der Waals surface area contributed by atoms with E-state index in [9.17, 15) is 13.2 Å². The Morgan fingerprint density at radius 2 is 1.94 bits per heavy atom. The van der Waals surface area contributed by atoms with Crippen LogP contribution in [0, 0.1) is 17.8 Å². The molecule has 0 amide bonds. The summed E-state index contributed by atoms with van der Waals surface area (Å²) in [4.78, 5) is 0. The molecular formula is C13H22F3NO. The predicted molar refractivity (Wildman–Crippen MR) is 63.3 cm³/mol. The smallest absolute Gasteiger partial charge is 0.381 e. The van der Waals surface area contributed by atoms with E-state index >= 15 is 0 Å². The van der Waals surface area contributed by atoms with Crippen molar-refractivity contribution < 1.29 is 17.9 Å². The molecule has 18 heavy (non-hydrogen) atoms. The van der Waals surface area contributed by atoms with Gasteiger partial charge in [0.15, 0.2) is 0 Å². The topological polar surface area (TPSA) is 21.3 Å². The summed E-state index contributed by atoms with van der Waals surface area (Å²) in [5, 5.41) is 3.24. The van der Waals surface area contributed by atoms with Gasteiger partial charge in [0.1, 0.15) is 0 Å². The predicted octanol–water partition coefficient (Wildman–Crippen LogP) is 2.98. The van der Waals surface area contributed by atoms with Crippen molar-refractivity contribution in [1.82, 2.24) is 5.32 Å². The molecule has 1 N–H and O–H groups in total. The fraction of sp³-hybridized carbons (Fsp3) is 1.00. The van der Waals surface area contributed by atoms with Crippen molar-refractivity contribution in [3.63, 3.8) is 0 Å². The summed E-state index contributed by atoms with van der Waals surface area (Å²) < 4.78 is 43.8. The fourth-order valence-corrected chi connectivity index (χ4v) is 3.54. The van der Waals surface area contributed by atoms with E-state index in [2.05, 4.69) is 5.32 Å². The summed E-state index contributed by atoms with van der Waals surface area (Å²) in [7, 11) is 1.86. The van der Waals surface area contributed by atoms with Gasteiger partial charge in [-0.25, -0.2) is 0 Å². The Kier molecular flexibility index (Phi) is 4.54. The lowest BCUT2D eigenvalue weighted by Gasteiger charge is -2.37. The first-order chi connectivity index (χ1) is 8.52. The van der Waals surface area contributed by atoms with Crippen LogP contribution in [0.25, 0.3) is 0 Å². The van der Waals surface area contributed by atoms with Crippen molar-refractivity contribution in [2.45, 2.75) is 44.3 Å². The van der Waals surface area contributed by atoms with E-state index in [0.29, 0.717) is 25.4 Å². The van der Waals surface area contributed by atoms with Crippen LogP contribution in [0.3, 0.4) is 0 Å². The molecule has 1 heterocycles. The highest BCUT2D eigenvalue weighted by Crippen LogP contribution is 2.42. The standard InChI is InChI=1S/C13H22F3NO/c1-17-12(10-5-6-18-8-10)9-3-2-4-11(7-9)13(14,15)16/h9-12,17H,2-8H2,1H3. The number of hydrogen-bond donors (Lipinski definition) is 1. The molecule has 0 radical (unpaired) electrons. The van der Waals surface area contributed by atoms with Crippen LogP contribution in [-0.4, -0.2) is 32.5 Å². The highest BCUT2D eigenvalue weighted by molar-refractivity contribution is 4.89. The Bertz CT molecular complexity index is 263. The van der Waals surface area contributed by atoms with E-state index in [-0.39, 0.29) is 18.4 Å². The Hall–Kier alpha value is -0.290. The quantitative estimate of drug-likeness (QED) is 0.847. The first-order valence-electron chi connectivity index (χ1n) is 6.84. The minimum atomic E-state index is -4.02. The van der Waals surface area contributed by atoms with Crippen molar-refractivity contribution >= 4 is 0 Å². The maximum Gasteiger partial charge on any atom is 0.391 e. The molecule has 106 valence electrons. The lowest BCUT2D eigenvalue weighted by atomic mass is 9.74. The van der Waals surface area contributed by atoms with Gasteiger partial charge in [0.2, 0.25) is 0 Å². The highest BCUT2D eigenvalue weighted by Gasteiger charge is 2.44. The summed E-state index contributed by atoms with van der Waals surface area (Å²) in [6, 6.07) is 0.178. The summed E-state index contributed by atoms with van der Waals surface area (Å²) in [6.45, 7) is 1.44. The molecule has 2 rings (SSSR count). The van der Waals surface area contributed by atoms with Crippen molar-refractivity contribution in [2.75, 3.05) is 20.3 Å². The Morgan fingerprint density at radius 3 is 2.50 bits per heavy atom. The largest absolute Gasteiger partial charge is 0.391 e. The average Bonchev–Trinajstić information content (AvgIpc) is 2.83. The number of rotatable bonds is 3. The van der Waals surface area contributed by atoms with E-state index in [4.69, 9.17) is 4.74 Å². The van der Waals surface area contributed by atoms with E-state index in [1.807, 2.05) is 7.05 Å². The molecule has 4 atom stereocenters. The molecule has 1 saturated carbocycles. The van der Waals surface area contributed by atoms with Gasteiger partial charge in [-0.1, -0.05) is 6.42 Å². The third-order valence-electron chi connectivity index (χ3n) is 4.49. The van der Waals surface area contributed by atoms with Crippen LogP contribution in [0.1, 0.15) is 32.1 Å². The second-order valence-corrected chi connectivity index (χ2v) is 5.60. The Balaban J connectivity index is 1.97. The summed E-state index contributed by atoms with van der Waals surface area (Å²) in [5.41, 5.74) is 0. The summed E-state index contributed by atoms with van der Waals surface area (Å²) in [6.07, 6.45) is -0.861. The highest BCUT2D eigenvalue weighted by atomic mass is 19.4. The third kappa shape index (κ3) is 3.18.